The average Bonchev–Trinajstić information content (AvgIpc) is 1.87. The van der Waals surface area contributed by atoms with Gasteiger partial charge in [-0.1, -0.05) is 0 Å². The van der Waals surface area contributed by atoms with Crippen molar-refractivity contribution in [2.24, 2.45) is 0 Å². The van der Waals surface area contributed by atoms with Gasteiger partial charge in [0.05, 0.1) is 0 Å². The van der Waals surface area contributed by atoms with Crippen molar-refractivity contribution in [2.75, 3.05) is 0 Å². The highest BCUT2D eigenvalue weighted by Crippen LogP contribution is 1.89. The van der Waals surface area contributed by atoms with Crippen LogP contribution in [0, 0.1) is 0 Å². The van der Waals surface area contributed by atoms with Crippen molar-refractivity contribution < 1.29 is 18.4 Å². The number of aromatic hydroxyl groups is 1. The Morgan fingerprint density at radius 1 is 1.27 bits per heavy atom. The summed E-state index contributed by atoms with van der Waals surface area (Å²) in [6.45, 7) is 0. The summed E-state index contributed by atoms with van der Waals surface area (Å²) in [6.07, 6.45) is 2.95. The van der Waals surface area contributed by atoms with Crippen LogP contribution in [0.25, 0.3) is 0 Å². The summed E-state index contributed by atoms with van der Waals surface area (Å²) < 4.78 is 22.8. The van der Waals surface area contributed by atoms with Crippen LogP contribution < -0.4 is 0 Å². The minimum Gasteiger partial charge on any atom is -0.479 e. The van der Waals surface area contributed by atoms with Gasteiger partial charge in [-0.05, 0) is 6.07 Å². The van der Waals surface area contributed by atoms with E-state index in [1.165, 1.54) is 12.4 Å². The molecular weight excluding hydrogens is 172 g/mol. The standard InChI is InChI=1S/C4H4N2O.H2O3S/c7-4-5-2-1-3-6-4;1-4(2)3/h1-3H,(H,5,6,7);(H2,1,2,3). The minimum absolute atomic E-state index is 0.178. The number of nitrogens with zero attached hydrogens (tertiary/aromatic N) is 2. The Morgan fingerprint density at radius 2 is 1.64 bits per heavy atom. The van der Waals surface area contributed by atoms with Gasteiger partial charge in [0.25, 0.3) is 11.4 Å². The highest BCUT2D eigenvalue weighted by Gasteiger charge is 1.78. The first-order chi connectivity index (χ1) is 5.13. The quantitative estimate of drug-likeness (QED) is 0.478. The van der Waals surface area contributed by atoms with Gasteiger partial charge in [0.1, 0.15) is 0 Å². The zero-order valence-electron chi connectivity index (χ0n) is 5.28. The van der Waals surface area contributed by atoms with E-state index in [4.69, 9.17) is 18.4 Å². The van der Waals surface area contributed by atoms with Crippen LogP contribution in [0.15, 0.2) is 18.5 Å². The van der Waals surface area contributed by atoms with Gasteiger partial charge in [-0.15, -0.1) is 0 Å². The van der Waals surface area contributed by atoms with Gasteiger partial charge in [0.15, 0.2) is 0 Å². The van der Waals surface area contributed by atoms with Gasteiger partial charge in [0, 0.05) is 12.4 Å². The van der Waals surface area contributed by atoms with Crippen LogP contribution in [-0.2, 0) is 11.4 Å². The summed E-state index contributed by atoms with van der Waals surface area (Å²) in [5, 5.41) is 8.41. The lowest BCUT2D eigenvalue weighted by atomic mass is 10.7. The number of hydrogen-bond donors (Lipinski definition) is 3. The second kappa shape index (κ2) is 5.71. The molecule has 62 valence electrons. The maximum absolute atomic E-state index is 8.67. The Kier molecular flexibility index (Phi) is 5.17. The van der Waals surface area contributed by atoms with Crippen LogP contribution in [0.5, 0.6) is 6.01 Å². The zero-order chi connectivity index (χ0) is 8.69. The average molecular weight is 178 g/mol. The second-order valence-corrected chi connectivity index (χ2v) is 1.74. The van der Waals surface area contributed by atoms with E-state index in [-0.39, 0.29) is 6.01 Å². The lowest BCUT2D eigenvalue weighted by Crippen LogP contribution is -1.74. The van der Waals surface area contributed by atoms with E-state index in [9.17, 15) is 0 Å². The summed E-state index contributed by atoms with van der Waals surface area (Å²) in [5.74, 6) is 0. The molecule has 1 aromatic heterocycles. The van der Waals surface area contributed by atoms with Crippen molar-refractivity contribution in [2.45, 2.75) is 0 Å². The van der Waals surface area contributed by atoms with Crippen LogP contribution in [0.2, 0.25) is 0 Å². The second-order valence-electron chi connectivity index (χ2n) is 1.28. The van der Waals surface area contributed by atoms with Crippen molar-refractivity contribution in [3.63, 3.8) is 0 Å². The smallest absolute Gasteiger partial charge is 0.313 e. The molecule has 0 bridgehead atoms. The highest BCUT2D eigenvalue weighted by atomic mass is 32.2. The molecule has 0 aliphatic rings. The van der Waals surface area contributed by atoms with Gasteiger partial charge in [-0.3, -0.25) is 9.11 Å². The molecule has 0 atom stereocenters. The molecule has 0 amide bonds. The molecule has 1 aromatic rings. The van der Waals surface area contributed by atoms with Crippen LogP contribution in [0.3, 0.4) is 0 Å². The summed E-state index contributed by atoms with van der Waals surface area (Å²) in [7, 11) is 0. The Labute approximate surface area is 65.1 Å². The third-order valence-electron chi connectivity index (χ3n) is 0.552. The molecule has 0 aliphatic carbocycles. The zero-order valence-corrected chi connectivity index (χ0v) is 6.10. The predicted molar refractivity (Wildman–Crippen MR) is 37.1 cm³/mol. The third-order valence-corrected chi connectivity index (χ3v) is 0.552. The molecule has 0 spiro atoms. The molecule has 0 saturated carbocycles. The molecule has 0 fully saturated rings. The van der Waals surface area contributed by atoms with E-state index < -0.39 is 11.4 Å². The van der Waals surface area contributed by atoms with E-state index in [0.29, 0.717) is 0 Å². The molecule has 0 aromatic carbocycles. The van der Waals surface area contributed by atoms with Crippen LogP contribution >= 0.6 is 0 Å². The van der Waals surface area contributed by atoms with Gasteiger partial charge in [-0.2, -0.15) is 4.21 Å². The molecule has 11 heavy (non-hydrogen) atoms. The van der Waals surface area contributed by atoms with Gasteiger partial charge in [0.2, 0.25) is 0 Å². The van der Waals surface area contributed by atoms with Crippen molar-refractivity contribution in [3.05, 3.63) is 18.5 Å². The molecule has 0 aliphatic heterocycles. The lowest BCUT2D eigenvalue weighted by Gasteiger charge is -1.80. The molecule has 7 heteroatoms. The van der Waals surface area contributed by atoms with E-state index in [1.54, 1.807) is 6.07 Å². The Hall–Kier alpha value is -1.05. The first-order valence-corrected chi connectivity index (χ1v) is 3.45. The van der Waals surface area contributed by atoms with Crippen LogP contribution in [-0.4, -0.2) is 28.4 Å². The van der Waals surface area contributed by atoms with Crippen molar-refractivity contribution in [1.29, 1.82) is 0 Å². The van der Waals surface area contributed by atoms with Crippen molar-refractivity contribution >= 4 is 11.4 Å². The SMILES string of the molecule is O=S(O)O.Oc1ncccn1. The topological polar surface area (TPSA) is 104 Å². The van der Waals surface area contributed by atoms with Crippen molar-refractivity contribution in [3.8, 4) is 6.01 Å². The van der Waals surface area contributed by atoms with Gasteiger partial charge in [-0.25, -0.2) is 9.97 Å². The van der Waals surface area contributed by atoms with E-state index in [2.05, 4.69) is 9.97 Å². The Balaban J connectivity index is 0.000000218. The summed E-state index contributed by atoms with van der Waals surface area (Å²) in [6, 6.07) is 1.46. The van der Waals surface area contributed by atoms with Crippen LogP contribution in [0.1, 0.15) is 0 Å². The van der Waals surface area contributed by atoms with Crippen molar-refractivity contribution in [1.82, 2.24) is 9.97 Å². The van der Waals surface area contributed by atoms with E-state index in [1.807, 2.05) is 0 Å². The Morgan fingerprint density at radius 3 is 1.82 bits per heavy atom. The number of hydrogen-bond acceptors (Lipinski definition) is 4. The minimum atomic E-state index is -2.61. The molecule has 1 rings (SSSR count). The molecular formula is C4H6N2O4S. The fourth-order valence-corrected chi connectivity index (χ4v) is 0.291. The lowest BCUT2D eigenvalue weighted by molar-refractivity contribution is 0.430. The first kappa shape index (κ1) is 9.95. The fraction of sp³-hybridized carbons (Fsp3) is 0. The maximum atomic E-state index is 8.67. The monoisotopic (exact) mass is 178 g/mol. The maximum Gasteiger partial charge on any atom is 0.313 e. The Bertz CT molecular complexity index is 213. The van der Waals surface area contributed by atoms with Gasteiger partial charge < -0.3 is 5.11 Å². The summed E-state index contributed by atoms with van der Waals surface area (Å²) >= 11 is -2.61. The van der Waals surface area contributed by atoms with Crippen LogP contribution in [0.4, 0.5) is 0 Å². The molecule has 3 N–H and O–H groups in total. The fourth-order valence-electron chi connectivity index (χ4n) is 0.291. The third kappa shape index (κ3) is 8.95. The van der Waals surface area contributed by atoms with E-state index in [0.717, 1.165) is 0 Å². The molecule has 0 unspecified atom stereocenters. The van der Waals surface area contributed by atoms with E-state index >= 15 is 0 Å². The normalized spacial score (nSPS) is 8.64. The number of rotatable bonds is 0. The summed E-state index contributed by atoms with van der Waals surface area (Å²) in [5.41, 5.74) is 0. The summed E-state index contributed by atoms with van der Waals surface area (Å²) in [4.78, 5) is 6.85. The highest BCUT2D eigenvalue weighted by molar-refractivity contribution is 7.73. The first-order valence-electron chi connectivity index (χ1n) is 2.39. The van der Waals surface area contributed by atoms with Gasteiger partial charge >= 0.3 is 6.01 Å². The number of aromatic nitrogens is 2. The molecule has 1 heterocycles. The molecule has 6 nitrogen and oxygen atoms in total. The predicted octanol–water partition coefficient (Wildman–Crippen LogP) is -0.137. The molecule has 0 saturated heterocycles. The molecule has 0 radical (unpaired) electrons. The largest absolute Gasteiger partial charge is 0.479 e.